The smallest absolute Gasteiger partial charge is 0.422 e. The molecule has 31 heavy (non-hydrogen) atoms. The van der Waals surface area contributed by atoms with Crippen molar-refractivity contribution in [2.75, 3.05) is 44.2 Å². The monoisotopic (exact) mass is 436 g/mol. The molecule has 2 aromatic rings. The summed E-state index contributed by atoms with van der Waals surface area (Å²) in [5.74, 6) is -1.14. The Hall–Kier alpha value is -3.30. The van der Waals surface area contributed by atoms with Crippen molar-refractivity contribution in [1.29, 1.82) is 0 Å². The lowest BCUT2D eigenvalue weighted by molar-refractivity contribution is -0.154. The lowest BCUT2D eigenvalue weighted by atomic mass is 10.2. The molecule has 0 unspecified atom stereocenters. The van der Waals surface area contributed by atoms with E-state index in [9.17, 15) is 22.8 Å². The normalized spacial score (nSPS) is 14.3. The summed E-state index contributed by atoms with van der Waals surface area (Å²) in [5.41, 5.74) is 0.998. The van der Waals surface area contributed by atoms with Gasteiger partial charge in [0.1, 0.15) is 5.56 Å². The first-order valence-electron chi connectivity index (χ1n) is 9.84. The van der Waals surface area contributed by atoms with Crippen LogP contribution < -0.4 is 15.0 Å². The standard InChI is InChI=1S/C21H23F3N4O3/c22-21(23,24)15-31-20-17(7-4-9-26-20)19(30)25-10-8-18(29)28-13-11-27(12-14-28)16-5-2-1-3-6-16/h1-7,9H,8,10-15H2,(H,25,30). The number of hydrogen-bond donors (Lipinski definition) is 1. The number of hydrogen-bond acceptors (Lipinski definition) is 5. The summed E-state index contributed by atoms with van der Waals surface area (Å²) >= 11 is 0. The van der Waals surface area contributed by atoms with Gasteiger partial charge in [0.15, 0.2) is 6.61 Å². The van der Waals surface area contributed by atoms with E-state index in [4.69, 9.17) is 0 Å². The van der Waals surface area contributed by atoms with Crippen molar-refractivity contribution in [3.63, 3.8) is 0 Å². The number of nitrogens with one attached hydrogen (secondary N) is 1. The van der Waals surface area contributed by atoms with Crippen LogP contribution in [0.5, 0.6) is 5.88 Å². The van der Waals surface area contributed by atoms with Crippen LogP contribution in [0.15, 0.2) is 48.7 Å². The molecular weight excluding hydrogens is 413 g/mol. The number of nitrogens with zero attached hydrogens (tertiary/aromatic N) is 3. The van der Waals surface area contributed by atoms with Crippen LogP contribution in [-0.4, -0.2) is 67.2 Å². The zero-order chi connectivity index (χ0) is 22.3. The fourth-order valence-electron chi connectivity index (χ4n) is 3.22. The number of aromatic nitrogens is 1. The Morgan fingerprint density at radius 3 is 2.42 bits per heavy atom. The van der Waals surface area contributed by atoms with Crippen LogP contribution in [0.1, 0.15) is 16.8 Å². The number of para-hydroxylation sites is 1. The number of benzene rings is 1. The van der Waals surface area contributed by atoms with E-state index < -0.39 is 24.6 Å². The van der Waals surface area contributed by atoms with Gasteiger partial charge in [0.05, 0.1) is 0 Å². The summed E-state index contributed by atoms with van der Waals surface area (Å²) < 4.78 is 41.7. The van der Waals surface area contributed by atoms with E-state index in [2.05, 4.69) is 19.9 Å². The molecule has 10 heteroatoms. The highest BCUT2D eigenvalue weighted by Gasteiger charge is 2.29. The first-order chi connectivity index (χ1) is 14.8. The van der Waals surface area contributed by atoms with Crippen molar-refractivity contribution < 1.29 is 27.5 Å². The minimum absolute atomic E-state index is 0.0597. The van der Waals surface area contributed by atoms with Gasteiger partial charge in [-0.2, -0.15) is 13.2 Å². The summed E-state index contributed by atoms with van der Waals surface area (Å²) in [7, 11) is 0. The molecule has 7 nitrogen and oxygen atoms in total. The predicted octanol–water partition coefficient (Wildman–Crippen LogP) is 2.49. The number of amides is 2. The van der Waals surface area contributed by atoms with Crippen molar-refractivity contribution in [3.8, 4) is 5.88 Å². The molecule has 1 saturated heterocycles. The molecule has 1 aromatic heterocycles. The zero-order valence-electron chi connectivity index (χ0n) is 16.8. The second-order valence-electron chi connectivity index (χ2n) is 6.97. The third-order valence-electron chi connectivity index (χ3n) is 4.77. The number of ether oxygens (including phenoxy) is 1. The van der Waals surface area contributed by atoms with Crippen LogP contribution in [0, 0.1) is 0 Å². The summed E-state index contributed by atoms with van der Waals surface area (Å²) in [5, 5.41) is 2.54. The lowest BCUT2D eigenvalue weighted by Crippen LogP contribution is -2.49. The number of halogens is 3. The van der Waals surface area contributed by atoms with Crippen LogP contribution in [0.4, 0.5) is 18.9 Å². The Kier molecular flexibility index (Phi) is 7.32. The zero-order valence-corrected chi connectivity index (χ0v) is 16.8. The summed E-state index contributed by atoms with van der Waals surface area (Å²) in [6, 6.07) is 12.7. The second kappa shape index (κ2) is 10.1. The molecule has 2 amide bonds. The molecule has 1 fully saturated rings. The van der Waals surface area contributed by atoms with Crippen molar-refractivity contribution in [2.24, 2.45) is 0 Å². The first kappa shape index (κ1) is 22.4. The van der Waals surface area contributed by atoms with Crippen LogP contribution >= 0.6 is 0 Å². The number of carbonyl (C=O) groups is 2. The van der Waals surface area contributed by atoms with Crippen molar-refractivity contribution >= 4 is 17.5 Å². The Morgan fingerprint density at radius 1 is 1.03 bits per heavy atom. The molecule has 0 atom stereocenters. The number of pyridine rings is 1. The number of rotatable bonds is 7. The molecule has 1 aromatic carbocycles. The summed E-state index contributed by atoms with van der Waals surface area (Å²) in [6.45, 7) is 1.12. The minimum atomic E-state index is -4.54. The Morgan fingerprint density at radius 2 is 1.74 bits per heavy atom. The molecule has 1 N–H and O–H groups in total. The molecule has 0 radical (unpaired) electrons. The van der Waals surface area contributed by atoms with E-state index in [0.717, 1.165) is 18.8 Å². The highest BCUT2D eigenvalue weighted by Crippen LogP contribution is 2.20. The number of anilines is 1. The molecule has 3 rings (SSSR count). The Bertz CT molecular complexity index is 885. The highest BCUT2D eigenvalue weighted by atomic mass is 19.4. The van der Waals surface area contributed by atoms with Crippen LogP contribution in [0.2, 0.25) is 0 Å². The van der Waals surface area contributed by atoms with E-state index in [1.807, 2.05) is 30.3 Å². The van der Waals surface area contributed by atoms with Gasteiger partial charge >= 0.3 is 6.18 Å². The van der Waals surface area contributed by atoms with Gasteiger partial charge in [-0.15, -0.1) is 0 Å². The average molecular weight is 436 g/mol. The quantitative estimate of drug-likeness (QED) is 0.722. The van der Waals surface area contributed by atoms with E-state index >= 15 is 0 Å². The molecule has 0 aliphatic carbocycles. The van der Waals surface area contributed by atoms with Gasteiger partial charge in [-0.1, -0.05) is 18.2 Å². The van der Waals surface area contributed by atoms with Crippen LogP contribution in [-0.2, 0) is 4.79 Å². The largest absolute Gasteiger partial charge is 0.467 e. The van der Waals surface area contributed by atoms with Gasteiger partial charge in [-0.05, 0) is 24.3 Å². The van der Waals surface area contributed by atoms with E-state index in [-0.39, 0.29) is 24.4 Å². The van der Waals surface area contributed by atoms with Gasteiger partial charge in [0, 0.05) is 51.0 Å². The number of alkyl halides is 3. The summed E-state index contributed by atoms with van der Waals surface area (Å²) in [6.07, 6.45) is -3.21. The summed E-state index contributed by atoms with van der Waals surface area (Å²) in [4.78, 5) is 32.4. The van der Waals surface area contributed by atoms with E-state index in [1.165, 1.54) is 18.3 Å². The van der Waals surface area contributed by atoms with Gasteiger partial charge in [0.25, 0.3) is 5.91 Å². The minimum Gasteiger partial charge on any atom is -0.467 e. The topological polar surface area (TPSA) is 74.8 Å². The Balaban J connectivity index is 1.44. The molecule has 0 saturated carbocycles. The molecule has 0 bridgehead atoms. The number of carbonyl (C=O) groups excluding carboxylic acids is 2. The second-order valence-corrected chi connectivity index (χ2v) is 6.97. The van der Waals surface area contributed by atoms with Gasteiger partial charge in [-0.25, -0.2) is 4.98 Å². The molecule has 1 aliphatic rings. The average Bonchev–Trinajstić information content (AvgIpc) is 2.78. The fourth-order valence-corrected chi connectivity index (χ4v) is 3.22. The molecule has 1 aliphatic heterocycles. The molecule has 2 heterocycles. The molecule has 0 spiro atoms. The van der Waals surface area contributed by atoms with Gasteiger partial charge < -0.3 is 19.9 Å². The van der Waals surface area contributed by atoms with Crippen molar-refractivity contribution in [1.82, 2.24) is 15.2 Å². The maximum atomic E-state index is 12.4. The third-order valence-corrected chi connectivity index (χ3v) is 4.77. The third kappa shape index (κ3) is 6.59. The van der Waals surface area contributed by atoms with Gasteiger partial charge in [-0.3, -0.25) is 9.59 Å². The highest BCUT2D eigenvalue weighted by molar-refractivity contribution is 5.96. The molecule has 166 valence electrons. The fraction of sp³-hybridized carbons (Fsp3) is 0.381. The predicted molar refractivity (Wildman–Crippen MR) is 108 cm³/mol. The molecular formula is C21H23F3N4O3. The van der Waals surface area contributed by atoms with Crippen molar-refractivity contribution in [3.05, 3.63) is 54.2 Å². The van der Waals surface area contributed by atoms with Crippen molar-refractivity contribution in [2.45, 2.75) is 12.6 Å². The van der Waals surface area contributed by atoms with Gasteiger partial charge in [0.2, 0.25) is 11.8 Å². The maximum absolute atomic E-state index is 12.4. The van der Waals surface area contributed by atoms with Crippen LogP contribution in [0.25, 0.3) is 0 Å². The van der Waals surface area contributed by atoms with E-state index in [1.54, 1.807) is 4.90 Å². The van der Waals surface area contributed by atoms with E-state index in [0.29, 0.717) is 13.1 Å². The number of piperazine rings is 1. The maximum Gasteiger partial charge on any atom is 0.422 e. The lowest BCUT2D eigenvalue weighted by Gasteiger charge is -2.36. The SMILES string of the molecule is O=C(NCCC(=O)N1CCN(c2ccccc2)CC1)c1cccnc1OCC(F)(F)F. The first-order valence-corrected chi connectivity index (χ1v) is 9.84. The Labute approximate surface area is 177 Å². The van der Waals surface area contributed by atoms with Crippen LogP contribution in [0.3, 0.4) is 0 Å².